The van der Waals surface area contributed by atoms with Crippen molar-refractivity contribution in [3.63, 3.8) is 0 Å². The number of nitrogens with zero attached hydrogens (tertiary/aromatic N) is 2. The molecule has 2 aromatic carbocycles. The van der Waals surface area contributed by atoms with E-state index in [1.807, 2.05) is 36.6 Å². The molecule has 1 N–H and O–H groups in total. The van der Waals surface area contributed by atoms with Crippen LogP contribution in [0.3, 0.4) is 0 Å². The molecule has 150 valence electrons. The van der Waals surface area contributed by atoms with Crippen molar-refractivity contribution in [1.82, 2.24) is 4.98 Å². The number of carbonyl (C=O) groups excluding carboxylic acids is 1. The highest BCUT2D eigenvalue weighted by molar-refractivity contribution is 8.01. The molecule has 4 rings (SSSR count). The maximum atomic E-state index is 12.5. The number of carbonyl (C=O) groups is 1. The van der Waals surface area contributed by atoms with Crippen LogP contribution in [0.2, 0.25) is 0 Å². The molecule has 1 fully saturated rings. The van der Waals surface area contributed by atoms with Gasteiger partial charge >= 0.3 is 0 Å². The van der Waals surface area contributed by atoms with Crippen LogP contribution in [0.4, 0.5) is 11.4 Å². The van der Waals surface area contributed by atoms with Crippen LogP contribution in [-0.2, 0) is 10.0 Å². The number of anilines is 2. The largest absolute Gasteiger partial charge is 0.322 e. The second-order valence-electron chi connectivity index (χ2n) is 6.62. The molecule has 0 spiro atoms. The SMILES string of the molecule is Cc1csc(Sc2ccc(NC(=O)c3ccc(N4CCCS4(=O)=O)cc3)cc2)n1. The van der Waals surface area contributed by atoms with Gasteiger partial charge in [0.1, 0.15) is 0 Å². The first kappa shape index (κ1) is 19.9. The van der Waals surface area contributed by atoms with Gasteiger partial charge in [-0.25, -0.2) is 13.4 Å². The topological polar surface area (TPSA) is 79.4 Å². The van der Waals surface area contributed by atoms with E-state index in [0.717, 1.165) is 14.9 Å². The van der Waals surface area contributed by atoms with E-state index in [2.05, 4.69) is 10.3 Å². The summed E-state index contributed by atoms with van der Waals surface area (Å²) in [5, 5.41) is 4.88. The van der Waals surface area contributed by atoms with Crippen LogP contribution in [0.15, 0.2) is 63.1 Å². The Morgan fingerprint density at radius 2 is 1.86 bits per heavy atom. The van der Waals surface area contributed by atoms with Crippen LogP contribution in [0.5, 0.6) is 0 Å². The normalized spacial score (nSPS) is 15.4. The highest BCUT2D eigenvalue weighted by Crippen LogP contribution is 2.31. The Balaban J connectivity index is 1.40. The van der Waals surface area contributed by atoms with Crippen LogP contribution in [-0.4, -0.2) is 31.6 Å². The molecule has 9 heteroatoms. The Bertz CT molecular complexity index is 1120. The minimum atomic E-state index is -3.22. The van der Waals surface area contributed by atoms with E-state index < -0.39 is 10.0 Å². The Kier molecular flexibility index (Phi) is 5.62. The summed E-state index contributed by atoms with van der Waals surface area (Å²) < 4.78 is 26.4. The van der Waals surface area contributed by atoms with Gasteiger partial charge in [0.25, 0.3) is 5.91 Å². The molecule has 0 aliphatic carbocycles. The number of aromatic nitrogens is 1. The van der Waals surface area contributed by atoms with Crippen LogP contribution >= 0.6 is 23.1 Å². The van der Waals surface area contributed by atoms with E-state index in [1.54, 1.807) is 47.4 Å². The molecule has 0 atom stereocenters. The highest BCUT2D eigenvalue weighted by atomic mass is 32.2. The molecule has 6 nitrogen and oxygen atoms in total. The monoisotopic (exact) mass is 445 g/mol. The van der Waals surface area contributed by atoms with Crippen molar-refractivity contribution in [2.75, 3.05) is 21.9 Å². The minimum Gasteiger partial charge on any atom is -0.322 e. The second-order valence-corrected chi connectivity index (χ2v) is 10.8. The van der Waals surface area contributed by atoms with Crippen molar-refractivity contribution in [3.05, 3.63) is 65.2 Å². The molecule has 29 heavy (non-hydrogen) atoms. The van der Waals surface area contributed by atoms with E-state index in [4.69, 9.17) is 0 Å². The third-order valence-corrected chi connectivity index (χ3v) is 8.37. The fourth-order valence-corrected chi connectivity index (χ4v) is 6.37. The summed E-state index contributed by atoms with van der Waals surface area (Å²) in [5.41, 5.74) is 2.77. The summed E-state index contributed by atoms with van der Waals surface area (Å²) in [4.78, 5) is 18.0. The fourth-order valence-electron chi connectivity index (χ4n) is 3.00. The molecule has 1 amide bonds. The third-order valence-electron chi connectivity index (χ3n) is 4.43. The number of amides is 1. The predicted octanol–water partition coefficient (Wildman–Crippen LogP) is 4.39. The molecule has 1 saturated heterocycles. The number of hydrogen-bond acceptors (Lipinski definition) is 6. The van der Waals surface area contributed by atoms with Gasteiger partial charge in [-0.05, 0) is 61.9 Å². The Hall–Kier alpha value is -2.36. The van der Waals surface area contributed by atoms with E-state index in [0.29, 0.717) is 29.9 Å². The first-order valence-electron chi connectivity index (χ1n) is 9.03. The molecule has 3 aromatic rings. The number of hydrogen-bond donors (Lipinski definition) is 1. The lowest BCUT2D eigenvalue weighted by Gasteiger charge is -2.17. The van der Waals surface area contributed by atoms with Crippen molar-refractivity contribution in [3.8, 4) is 0 Å². The van der Waals surface area contributed by atoms with Crippen molar-refractivity contribution in [2.45, 2.75) is 22.6 Å². The quantitative estimate of drug-likeness (QED) is 0.630. The summed E-state index contributed by atoms with van der Waals surface area (Å²) in [7, 11) is -3.22. The molecule has 0 bridgehead atoms. The molecule has 0 unspecified atom stereocenters. The van der Waals surface area contributed by atoms with Crippen LogP contribution in [0, 0.1) is 6.92 Å². The summed E-state index contributed by atoms with van der Waals surface area (Å²) in [6, 6.07) is 14.2. The van der Waals surface area contributed by atoms with Gasteiger partial charge in [0.2, 0.25) is 10.0 Å². The van der Waals surface area contributed by atoms with Crippen molar-refractivity contribution in [2.24, 2.45) is 0 Å². The smallest absolute Gasteiger partial charge is 0.255 e. The van der Waals surface area contributed by atoms with Gasteiger partial charge in [-0.15, -0.1) is 11.3 Å². The number of nitrogens with one attached hydrogen (secondary N) is 1. The summed E-state index contributed by atoms with van der Waals surface area (Å²) in [6.07, 6.45) is 0.626. The average molecular weight is 446 g/mol. The Labute approximate surface area is 178 Å². The first-order valence-corrected chi connectivity index (χ1v) is 12.3. The predicted molar refractivity (Wildman–Crippen MR) is 118 cm³/mol. The van der Waals surface area contributed by atoms with Gasteiger partial charge in [0, 0.05) is 33.8 Å². The summed E-state index contributed by atoms with van der Waals surface area (Å²) in [5.74, 6) is -0.0668. The number of benzene rings is 2. The number of rotatable bonds is 5. The van der Waals surface area contributed by atoms with E-state index in [1.165, 1.54) is 4.31 Å². The standard InChI is InChI=1S/C20H19N3O3S3/c1-14-13-27-20(21-14)28-18-9-5-16(6-10-18)22-19(24)15-3-7-17(8-4-15)23-11-2-12-29(23,25)26/h3-10,13H,2,11-12H2,1H3,(H,22,24). The maximum Gasteiger partial charge on any atom is 0.255 e. The second kappa shape index (κ2) is 8.17. The fraction of sp³-hybridized carbons (Fsp3) is 0.200. The van der Waals surface area contributed by atoms with Crippen molar-refractivity contribution in [1.29, 1.82) is 0 Å². The average Bonchev–Trinajstić information content (AvgIpc) is 3.27. The van der Waals surface area contributed by atoms with Gasteiger partial charge in [-0.3, -0.25) is 9.10 Å². The third kappa shape index (κ3) is 4.63. The van der Waals surface area contributed by atoms with Gasteiger partial charge in [0.15, 0.2) is 4.34 Å². The summed E-state index contributed by atoms with van der Waals surface area (Å²) >= 11 is 3.19. The van der Waals surface area contributed by atoms with Crippen LogP contribution in [0.1, 0.15) is 22.5 Å². The zero-order valence-corrected chi connectivity index (χ0v) is 18.1. The molecule has 0 radical (unpaired) electrons. The van der Waals surface area contributed by atoms with Gasteiger partial charge < -0.3 is 5.32 Å². The molecule has 0 saturated carbocycles. The van der Waals surface area contributed by atoms with Gasteiger partial charge in [0.05, 0.1) is 11.4 Å². The number of thiazole rings is 1. The van der Waals surface area contributed by atoms with Crippen LogP contribution < -0.4 is 9.62 Å². The minimum absolute atomic E-state index is 0.172. The lowest BCUT2D eigenvalue weighted by Crippen LogP contribution is -2.25. The zero-order valence-electron chi connectivity index (χ0n) is 15.7. The molecule has 1 aliphatic heterocycles. The number of aryl methyl sites for hydroxylation is 1. The maximum absolute atomic E-state index is 12.5. The van der Waals surface area contributed by atoms with Gasteiger partial charge in [-0.2, -0.15) is 0 Å². The molecular weight excluding hydrogens is 426 g/mol. The van der Waals surface area contributed by atoms with E-state index in [9.17, 15) is 13.2 Å². The molecule has 1 aromatic heterocycles. The molecular formula is C20H19N3O3S3. The molecule has 1 aliphatic rings. The lowest BCUT2D eigenvalue weighted by atomic mass is 10.2. The van der Waals surface area contributed by atoms with Crippen molar-refractivity contribution < 1.29 is 13.2 Å². The van der Waals surface area contributed by atoms with Gasteiger partial charge in [-0.1, -0.05) is 11.8 Å². The van der Waals surface area contributed by atoms with E-state index in [-0.39, 0.29) is 11.7 Å². The molecule has 2 heterocycles. The van der Waals surface area contributed by atoms with E-state index >= 15 is 0 Å². The van der Waals surface area contributed by atoms with Crippen LogP contribution in [0.25, 0.3) is 0 Å². The Morgan fingerprint density at radius 1 is 1.14 bits per heavy atom. The highest BCUT2D eigenvalue weighted by Gasteiger charge is 2.28. The van der Waals surface area contributed by atoms with Crippen molar-refractivity contribution >= 4 is 50.4 Å². The Morgan fingerprint density at radius 3 is 2.45 bits per heavy atom. The summed E-state index contributed by atoms with van der Waals surface area (Å²) in [6.45, 7) is 2.45. The first-order chi connectivity index (χ1) is 13.9. The lowest BCUT2D eigenvalue weighted by molar-refractivity contribution is 0.102. The number of sulfonamides is 1. The zero-order chi connectivity index (χ0) is 20.4.